The monoisotopic (exact) mass is 448 g/mol. The molecule has 2 fully saturated rings. The number of rotatable bonds is 3. The second-order valence-corrected chi connectivity index (χ2v) is 10.1. The van der Waals surface area contributed by atoms with Gasteiger partial charge in [-0.25, -0.2) is 13.2 Å². The number of amides is 2. The van der Waals surface area contributed by atoms with Crippen molar-refractivity contribution in [2.45, 2.75) is 58.5 Å². The van der Waals surface area contributed by atoms with Crippen molar-refractivity contribution in [1.29, 1.82) is 0 Å². The number of likely N-dealkylation sites (tertiary alicyclic amines) is 1. The second kappa shape index (κ2) is 7.64. The molecular formula is C23H27F3N4O2. The number of nitrogens with zero attached hydrogens (tertiary/aromatic N) is 3. The molecule has 172 valence electrons. The maximum Gasteiger partial charge on any atom is 0.254 e. The smallest absolute Gasteiger partial charge is 0.254 e. The molecule has 1 aromatic carbocycles. The molecule has 0 bridgehead atoms. The minimum Gasteiger partial charge on any atom is -0.349 e. The molecule has 6 nitrogen and oxygen atoms in total. The minimum absolute atomic E-state index is 0.00403. The molecule has 2 amide bonds. The Kier molecular flexibility index (Phi) is 5.33. The molecule has 2 aliphatic rings. The van der Waals surface area contributed by atoms with Crippen molar-refractivity contribution in [2.24, 2.45) is 5.41 Å². The van der Waals surface area contributed by atoms with Crippen LogP contribution in [0.15, 0.2) is 18.3 Å². The zero-order valence-electron chi connectivity index (χ0n) is 18.6. The Hall–Kier alpha value is -2.84. The first kappa shape index (κ1) is 22.4. The molecule has 32 heavy (non-hydrogen) atoms. The summed E-state index contributed by atoms with van der Waals surface area (Å²) in [6.07, 6.45) is 3.95. The third-order valence-corrected chi connectivity index (χ3v) is 6.48. The van der Waals surface area contributed by atoms with E-state index in [1.807, 2.05) is 20.8 Å². The maximum absolute atomic E-state index is 13.5. The Balaban J connectivity index is 1.35. The van der Waals surface area contributed by atoms with Crippen LogP contribution in [0.4, 0.5) is 13.2 Å². The van der Waals surface area contributed by atoms with Crippen LogP contribution in [0.2, 0.25) is 0 Å². The second-order valence-electron chi connectivity index (χ2n) is 10.1. The molecule has 1 aliphatic carbocycles. The van der Waals surface area contributed by atoms with Gasteiger partial charge in [-0.1, -0.05) is 0 Å². The summed E-state index contributed by atoms with van der Waals surface area (Å²) in [6, 6.07) is 1.46. The quantitative estimate of drug-likeness (QED) is 0.727. The van der Waals surface area contributed by atoms with E-state index in [1.54, 1.807) is 22.7 Å². The van der Waals surface area contributed by atoms with Gasteiger partial charge in [-0.3, -0.25) is 14.3 Å². The lowest BCUT2D eigenvalue weighted by atomic mass is 9.65. The van der Waals surface area contributed by atoms with Crippen LogP contribution >= 0.6 is 0 Å². The minimum atomic E-state index is -1.58. The first-order valence-electron chi connectivity index (χ1n) is 10.7. The lowest BCUT2D eigenvalue weighted by Crippen LogP contribution is -2.52. The molecule has 2 aromatic rings. The van der Waals surface area contributed by atoms with E-state index in [9.17, 15) is 22.8 Å². The summed E-state index contributed by atoms with van der Waals surface area (Å²) >= 11 is 0. The molecule has 0 unspecified atom stereocenters. The fourth-order valence-electron chi connectivity index (χ4n) is 4.68. The number of hydrogen-bond donors (Lipinski definition) is 1. The van der Waals surface area contributed by atoms with Gasteiger partial charge in [-0.05, 0) is 64.5 Å². The van der Waals surface area contributed by atoms with Crippen molar-refractivity contribution in [3.8, 4) is 0 Å². The lowest BCUT2D eigenvalue weighted by Gasteiger charge is -2.45. The number of carbonyl (C=O) groups excluding carboxylic acids is 2. The Labute approximate surface area is 184 Å². The van der Waals surface area contributed by atoms with E-state index >= 15 is 0 Å². The maximum atomic E-state index is 13.5. The van der Waals surface area contributed by atoms with Crippen LogP contribution in [0, 0.1) is 29.8 Å². The summed E-state index contributed by atoms with van der Waals surface area (Å²) in [6.45, 7) is 8.74. The van der Waals surface area contributed by atoms with Crippen molar-refractivity contribution in [3.05, 3.63) is 52.6 Å². The lowest BCUT2D eigenvalue weighted by molar-refractivity contribution is 0.0609. The highest BCUT2D eigenvalue weighted by Gasteiger charge is 2.50. The van der Waals surface area contributed by atoms with Gasteiger partial charge in [-0.2, -0.15) is 5.10 Å². The Morgan fingerprint density at radius 1 is 1.16 bits per heavy atom. The number of benzene rings is 1. The van der Waals surface area contributed by atoms with Crippen molar-refractivity contribution in [2.75, 3.05) is 13.1 Å². The first-order chi connectivity index (χ1) is 14.9. The molecule has 1 aromatic heterocycles. The van der Waals surface area contributed by atoms with E-state index < -0.39 is 23.4 Å². The molecule has 1 aliphatic heterocycles. The highest BCUT2D eigenvalue weighted by atomic mass is 19.2. The van der Waals surface area contributed by atoms with Gasteiger partial charge in [0.05, 0.1) is 16.8 Å². The third-order valence-electron chi connectivity index (χ3n) is 6.48. The van der Waals surface area contributed by atoms with Gasteiger partial charge >= 0.3 is 0 Å². The number of hydrogen-bond acceptors (Lipinski definition) is 3. The van der Waals surface area contributed by atoms with Crippen LogP contribution in [0.3, 0.4) is 0 Å². The molecule has 2 heterocycles. The standard InChI is InChI=1S/C23H27F3N4O2/c1-13-16(11-30(28-13)22(2,3)4)20(31)27-15-9-23(10-15)5-6-29(12-23)21(32)14-7-17(24)19(26)18(25)8-14/h7-8,11,15H,5-6,9-10,12H2,1-4H3,(H,27,31). The molecule has 9 heteroatoms. The number of halogens is 3. The van der Waals surface area contributed by atoms with Gasteiger partial charge in [-0.15, -0.1) is 0 Å². The fourth-order valence-corrected chi connectivity index (χ4v) is 4.68. The average molecular weight is 448 g/mol. The molecule has 0 atom stereocenters. The summed E-state index contributed by atoms with van der Waals surface area (Å²) in [7, 11) is 0. The molecule has 1 N–H and O–H groups in total. The Bertz CT molecular complexity index is 1060. The van der Waals surface area contributed by atoms with Crippen LogP contribution in [0.5, 0.6) is 0 Å². The normalized spacial score (nSPS) is 22.8. The van der Waals surface area contributed by atoms with Gasteiger partial charge in [0.1, 0.15) is 0 Å². The van der Waals surface area contributed by atoms with Crippen LogP contribution in [0.25, 0.3) is 0 Å². The van der Waals surface area contributed by atoms with E-state index in [0.717, 1.165) is 31.4 Å². The van der Waals surface area contributed by atoms with Gasteiger partial charge < -0.3 is 10.2 Å². The number of aryl methyl sites for hydroxylation is 1. The Morgan fingerprint density at radius 3 is 2.34 bits per heavy atom. The van der Waals surface area contributed by atoms with Crippen LogP contribution in [-0.4, -0.2) is 45.6 Å². The third kappa shape index (κ3) is 4.00. The predicted octanol–water partition coefficient (Wildman–Crippen LogP) is 3.79. The molecule has 1 saturated heterocycles. The van der Waals surface area contributed by atoms with Gasteiger partial charge in [0.2, 0.25) is 0 Å². The summed E-state index contributed by atoms with van der Waals surface area (Å²) in [5.41, 5.74) is 0.677. The largest absolute Gasteiger partial charge is 0.349 e. The number of nitrogens with one attached hydrogen (secondary N) is 1. The summed E-state index contributed by atoms with van der Waals surface area (Å²) in [5.74, 6) is -5.02. The fraction of sp³-hybridized carbons (Fsp3) is 0.522. The highest BCUT2D eigenvalue weighted by Crippen LogP contribution is 2.48. The first-order valence-corrected chi connectivity index (χ1v) is 10.7. The van der Waals surface area contributed by atoms with Crippen LogP contribution < -0.4 is 5.32 Å². The van der Waals surface area contributed by atoms with E-state index in [-0.39, 0.29) is 28.5 Å². The van der Waals surface area contributed by atoms with Gasteiger partial charge in [0, 0.05) is 30.9 Å². The van der Waals surface area contributed by atoms with Crippen LogP contribution in [0.1, 0.15) is 66.4 Å². The molecule has 0 radical (unpaired) electrons. The van der Waals surface area contributed by atoms with E-state index in [1.165, 1.54) is 0 Å². The van der Waals surface area contributed by atoms with Crippen molar-refractivity contribution in [1.82, 2.24) is 20.0 Å². The number of aromatic nitrogens is 2. The SMILES string of the molecule is Cc1nn(C(C)(C)C)cc1C(=O)NC1CC2(CCN(C(=O)c3cc(F)c(F)c(F)c3)C2)C1. The van der Waals surface area contributed by atoms with Crippen molar-refractivity contribution in [3.63, 3.8) is 0 Å². The zero-order valence-corrected chi connectivity index (χ0v) is 18.6. The molecule has 1 spiro atoms. The molecular weight excluding hydrogens is 421 g/mol. The Morgan fingerprint density at radius 2 is 1.78 bits per heavy atom. The zero-order chi connectivity index (χ0) is 23.4. The number of carbonyl (C=O) groups is 2. The van der Waals surface area contributed by atoms with Gasteiger partial charge in [0.25, 0.3) is 11.8 Å². The average Bonchev–Trinajstić information content (AvgIpc) is 3.29. The summed E-state index contributed by atoms with van der Waals surface area (Å²) in [5, 5.41) is 7.49. The van der Waals surface area contributed by atoms with E-state index in [0.29, 0.717) is 24.3 Å². The van der Waals surface area contributed by atoms with E-state index in [2.05, 4.69) is 10.4 Å². The topological polar surface area (TPSA) is 67.2 Å². The molecule has 4 rings (SSSR count). The summed E-state index contributed by atoms with van der Waals surface area (Å²) < 4.78 is 41.9. The predicted molar refractivity (Wildman–Crippen MR) is 112 cm³/mol. The van der Waals surface area contributed by atoms with Gasteiger partial charge in [0.15, 0.2) is 17.5 Å². The van der Waals surface area contributed by atoms with Crippen molar-refractivity contribution < 1.29 is 22.8 Å². The van der Waals surface area contributed by atoms with Crippen LogP contribution in [-0.2, 0) is 5.54 Å². The van der Waals surface area contributed by atoms with E-state index in [4.69, 9.17) is 0 Å². The molecule has 1 saturated carbocycles. The van der Waals surface area contributed by atoms with Crippen molar-refractivity contribution >= 4 is 11.8 Å². The highest BCUT2D eigenvalue weighted by molar-refractivity contribution is 5.95. The summed E-state index contributed by atoms with van der Waals surface area (Å²) in [4.78, 5) is 26.9.